The molecule has 0 aliphatic heterocycles. The van der Waals surface area contributed by atoms with Crippen LogP contribution in [-0.4, -0.2) is 4.98 Å². The summed E-state index contributed by atoms with van der Waals surface area (Å²) in [6, 6.07) is 10.3. The first-order chi connectivity index (χ1) is 8.67. The van der Waals surface area contributed by atoms with Crippen LogP contribution < -0.4 is 18.9 Å². The Morgan fingerprint density at radius 1 is 1.05 bits per heavy atom. The van der Waals surface area contributed by atoms with Gasteiger partial charge in [-0.3, -0.25) is 0 Å². The molecule has 0 amide bonds. The van der Waals surface area contributed by atoms with Crippen LogP contribution in [0.1, 0.15) is 19.8 Å². The Labute approximate surface area is 125 Å². The molecule has 0 unspecified atom stereocenters. The van der Waals surface area contributed by atoms with E-state index in [0.717, 1.165) is 6.42 Å². The van der Waals surface area contributed by atoms with E-state index in [1.165, 1.54) is 24.6 Å². The first kappa shape index (κ1) is 17.8. The molecule has 0 radical (unpaired) electrons. The van der Waals surface area contributed by atoms with Crippen molar-refractivity contribution in [2.24, 2.45) is 0 Å². The van der Waals surface area contributed by atoms with Gasteiger partial charge in [0.1, 0.15) is 5.82 Å². The van der Waals surface area contributed by atoms with Crippen LogP contribution in [0.15, 0.2) is 42.5 Å². The van der Waals surface area contributed by atoms with Gasteiger partial charge in [0.2, 0.25) is 5.95 Å². The summed E-state index contributed by atoms with van der Waals surface area (Å²) < 4.78 is 25.3. The van der Waals surface area contributed by atoms with Crippen LogP contribution in [-0.2, 0) is 0 Å². The van der Waals surface area contributed by atoms with Gasteiger partial charge in [-0.25, -0.2) is 9.37 Å². The molecule has 0 atom stereocenters. The van der Waals surface area contributed by atoms with Gasteiger partial charge in [0.15, 0.2) is 0 Å². The molecule has 0 saturated carbocycles. The Balaban J connectivity index is 0.000000576. The third kappa shape index (κ3) is 6.52. The van der Waals surface area contributed by atoms with Crippen molar-refractivity contribution in [2.45, 2.75) is 19.8 Å². The number of hydrogen-bond donors (Lipinski definition) is 0. The Morgan fingerprint density at radius 2 is 1.63 bits per heavy atom. The van der Waals surface area contributed by atoms with E-state index in [1.54, 1.807) is 24.3 Å². The number of benzene rings is 1. The fraction of sp³-hybridized carbons (Fsp3) is 0.200. The molecule has 96 valence electrons. The van der Waals surface area contributed by atoms with Crippen molar-refractivity contribution in [3.8, 4) is 11.3 Å². The summed E-state index contributed by atoms with van der Waals surface area (Å²) in [5, 5.41) is 0. The van der Waals surface area contributed by atoms with Crippen LogP contribution in [0, 0.1) is 18.7 Å². The van der Waals surface area contributed by atoms with Crippen LogP contribution in [0.4, 0.5) is 8.78 Å². The molecule has 0 saturated heterocycles. The van der Waals surface area contributed by atoms with Crippen LogP contribution in [0.25, 0.3) is 11.3 Å². The van der Waals surface area contributed by atoms with E-state index < -0.39 is 5.95 Å². The molecule has 1 aromatic heterocycles. The molecule has 0 aliphatic carbocycles. The molecule has 0 aliphatic rings. The first-order valence-corrected chi connectivity index (χ1v) is 5.85. The second kappa shape index (κ2) is 9.72. The number of rotatable bonds is 2. The maximum absolute atomic E-state index is 12.7. The maximum atomic E-state index is 12.7. The molecule has 4 heteroatoms. The Morgan fingerprint density at radius 3 is 2.11 bits per heavy atom. The zero-order chi connectivity index (χ0) is 13.4. The fourth-order valence-corrected chi connectivity index (χ4v) is 1.19. The van der Waals surface area contributed by atoms with Gasteiger partial charge in [0, 0.05) is 5.56 Å². The van der Waals surface area contributed by atoms with Crippen molar-refractivity contribution in [1.82, 2.24) is 4.98 Å². The van der Waals surface area contributed by atoms with Gasteiger partial charge in [-0.05, 0) is 36.4 Å². The number of aromatic nitrogens is 1. The summed E-state index contributed by atoms with van der Waals surface area (Å²) in [4.78, 5) is 3.68. The number of nitrogens with zero attached hydrogens (tertiary/aromatic N) is 1. The van der Waals surface area contributed by atoms with Gasteiger partial charge in [-0.1, -0.05) is 19.4 Å². The molecule has 0 bridgehead atoms. The van der Waals surface area contributed by atoms with Crippen LogP contribution in [0.3, 0.4) is 0 Å². The molecular weight excluding hydrogens is 239 g/mol. The van der Waals surface area contributed by atoms with E-state index in [1.807, 2.05) is 0 Å². The number of pyridine rings is 1. The van der Waals surface area contributed by atoms with Gasteiger partial charge in [0.25, 0.3) is 0 Å². The van der Waals surface area contributed by atoms with E-state index in [2.05, 4.69) is 18.8 Å². The summed E-state index contributed by atoms with van der Waals surface area (Å²) in [6.07, 6.45) is 2.28. The molecule has 0 fully saturated rings. The van der Waals surface area contributed by atoms with Crippen LogP contribution >= 0.6 is 0 Å². The Kier molecular flexibility index (Phi) is 9.12. The second-order valence-corrected chi connectivity index (χ2v) is 3.71. The normalized spacial score (nSPS) is 9.05. The van der Waals surface area contributed by atoms with Gasteiger partial charge in [0.05, 0.1) is 5.69 Å². The largest absolute Gasteiger partial charge is 1.00 e. The predicted octanol–water partition coefficient (Wildman–Crippen LogP) is 1.65. The third-order valence-corrected chi connectivity index (χ3v) is 2.21. The summed E-state index contributed by atoms with van der Waals surface area (Å²) in [6.45, 7) is 5.72. The molecule has 1 nitrogen and oxygen atoms in total. The fourth-order valence-electron chi connectivity index (χ4n) is 1.19. The van der Waals surface area contributed by atoms with Crippen molar-refractivity contribution in [3.05, 3.63) is 61.2 Å². The van der Waals surface area contributed by atoms with Gasteiger partial charge < -0.3 is 6.92 Å². The van der Waals surface area contributed by atoms with Crippen LogP contribution in [0.5, 0.6) is 0 Å². The third-order valence-electron chi connectivity index (χ3n) is 2.21. The molecule has 19 heavy (non-hydrogen) atoms. The summed E-state index contributed by atoms with van der Waals surface area (Å²) >= 11 is 0. The van der Waals surface area contributed by atoms with Crippen molar-refractivity contribution < 1.29 is 27.6 Å². The number of halogens is 2. The predicted molar refractivity (Wildman–Crippen MR) is 69.9 cm³/mol. The van der Waals surface area contributed by atoms with Crippen molar-refractivity contribution in [3.63, 3.8) is 0 Å². The van der Waals surface area contributed by atoms with Crippen molar-refractivity contribution in [2.75, 3.05) is 0 Å². The minimum absolute atomic E-state index is 0. The van der Waals surface area contributed by atoms with Crippen LogP contribution in [0.2, 0.25) is 0 Å². The first-order valence-electron chi connectivity index (χ1n) is 5.85. The van der Waals surface area contributed by atoms with E-state index in [9.17, 15) is 8.78 Å². The zero-order valence-electron chi connectivity index (χ0n) is 11.4. The quantitative estimate of drug-likeness (QED) is 0.452. The second-order valence-electron chi connectivity index (χ2n) is 3.71. The minimum atomic E-state index is -0.535. The van der Waals surface area contributed by atoms with Gasteiger partial charge >= 0.3 is 18.9 Å². The van der Waals surface area contributed by atoms with Crippen molar-refractivity contribution >= 4 is 0 Å². The average Bonchev–Trinajstić information content (AvgIpc) is 2.40. The van der Waals surface area contributed by atoms with Crippen molar-refractivity contribution in [1.29, 1.82) is 0 Å². The Bertz CT molecular complexity index is 470. The zero-order valence-corrected chi connectivity index (χ0v) is 11.4. The van der Waals surface area contributed by atoms with E-state index in [-0.39, 0.29) is 24.7 Å². The topological polar surface area (TPSA) is 12.9 Å². The molecule has 2 rings (SSSR count). The van der Waals surface area contributed by atoms with E-state index in [4.69, 9.17) is 0 Å². The number of hydrogen-bond acceptors (Lipinski definition) is 1. The molecule has 0 spiro atoms. The SMILES string of the molecule is Fc1ccc(-c2cccc(F)n2)cc1.[CH2-]CCC.[Li+]. The average molecular weight is 255 g/mol. The summed E-state index contributed by atoms with van der Waals surface area (Å²) in [5.41, 5.74) is 1.20. The summed E-state index contributed by atoms with van der Waals surface area (Å²) in [5.74, 6) is -0.850. The minimum Gasteiger partial charge on any atom is -0.343 e. The monoisotopic (exact) mass is 255 g/mol. The summed E-state index contributed by atoms with van der Waals surface area (Å²) in [7, 11) is 0. The maximum Gasteiger partial charge on any atom is 1.00 e. The molecule has 0 N–H and O–H groups in total. The Hall–Kier alpha value is -1.17. The molecular formula is C15H16F2LiN. The van der Waals surface area contributed by atoms with E-state index in [0.29, 0.717) is 11.3 Å². The smallest absolute Gasteiger partial charge is 0.343 e. The number of unbranched alkanes of at least 4 members (excludes halogenated alkanes) is 1. The molecule has 1 heterocycles. The molecule has 2 aromatic rings. The van der Waals surface area contributed by atoms with Gasteiger partial charge in [-0.15, -0.1) is 0 Å². The van der Waals surface area contributed by atoms with Gasteiger partial charge in [-0.2, -0.15) is 10.8 Å². The molecule has 1 aromatic carbocycles. The standard InChI is InChI=1S/C11H7F2N.C4H9.Li/c12-9-6-4-8(5-7-9)10-2-1-3-11(13)14-10;1-3-4-2;/h1-7H;1,3-4H2,2H3;/q;-1;+1. The van der Waals surface area contributed by atoms with E-state index >= 15 is 0 Å².